The standard InChI is InChI=1S/C19H17Cl2N3O3S/c1-3-11-9-13(16(25)12-7-5-6-8-14(12)21)18(28-11)24-15(10-20)22-17(23-24)19(26)27-4-2/h5-9H,3-4,10H2,1-2H3. The van der Waals surface area contributed by atoms with Crippen LogP contribution >= 0.6 is 34.5 Å². The molecule has 28 heavy (non-hydrogen) atoms. The van der Waals surface area contributed by atoms with Gasteiger partial charge in [-0.1, -0.05) is 30.7 Å². The van der Waals surface area contributed by atoms with Crippen molar-refractivity contribution < 1.29 is 14.3 Å². The predicted molar refractivity (Wildman–Crippen MR) is 109 cm³/mol. The van der Waals surface area contributed by atoms with Crippen LogP contribution in [0.15, 0.2) is 30.3 Å². The monoisotopic (exact) mass is 437 g/mol. The van der Waals surface area contributed by atoms with Crippen LogP contribution in [0, 0.1) is 0 Å². The normalized spacial score (nSPS) is 10.9. The minimum absolute atomic E-state index is 0.0193. The van der Waals surface area contributed by atoms with E-state index in [-0.39, 0.29) is 24.1 Å². The molecule has 2 heterocycles. The van der Waals surface area contributed by atoms with E-state index in [1.165, 1.54) is 16.0 Å². The summed E-state index contributed by atoms with van der Waals surface area (Å²) in [6, 6.07) is 8.67. The van der Waals surface area contributed by atoms with Gasteiger partial charge >= 0.3 is 5.97 Å². The molecule has 1 aromatic carbocycles. The van der Waals surface area contributed by atoms with Gasteiger partial charge in [-0.05, 0) is 31.5 Å². The quantitative estimate of drug-likeness (QED) is 0.304. The molecular weight excluding hydrogens is 421 g/mol. The lowest BCUT2D eigenvalue weighted by molar-refractivity contribution is 0.0512. The number of carbonyl (C=O) groups is 2. The zero-order chi connectivity index (χ0) is 20.3. The number of benzene rings is 1. The highest BCUT2D eigenvalue weighted by Gasteiger charge is 2.25. The molecule has 0 unspecified atom stereocenters. The number of thiophene rings is 1. The minimum atomic E-state index is -0.640. The molecule has 0 aliphatic rings. The molecule has 0 fully saturated rings. The largest absolute Gasteiger partial charge is 0.460 e. The second kappa shape index (κ2) is 8.86. The molecule has 146 valence electrons. The van der Waals surface area contributed by atoms with Gasteiger partial charge < -0.3 is 4.74 Å². The van der Waals surface area contributed by atoms with Crippen molar-refractivity contribution in [2.45, 2.75) is 26.1 Å². The molecule has 0 aliphatic carbocycles. The van der Waals surface area contributed by atoms with E-state index in [9.17, 15) is 9.59 Å². The Morgan fingerprint density at radius 1 is 1.21 bits per heavy atom. The fraction of sp³-hybridized carbons (Fsp3) is 0.263. The van der Waals surface area contributed by atoms with E-state index >= 15 is 0 Å². The van der Waals surface area contributed by atoms with Gasteiger partial charge in [0.15, 0.2) is 5.78 Å². The first-order valence-electron chi connectivity index (χ1n) is 8.61. The van der Waals surface area contributed by atoms with Gasteiger partial charge in [-0.15, -0.1) is 28.0 Å². The Kier molecular flexibility index (Phi) is 6.49. The number of aromatic nitrogens is 3. The van der Waals surface area contributed by atoms with E-state index in [4.69, 9.17) is 27.9 Å². The van der Waals surface area contributed by atoms with Crippen LogP contribution in [-0.2, 0) is 17.0 Å². The number of ketones is 1. The summed E-state index contributed by atoms with van der Waals surface area (Å²) < 4.78 is 6.40. The van der Waals surface area contributed by atoms with Crippen molar-refractivity contribution in [1.82, 2.24) is 14.8 Å². The average molecular weight is 438 g/mol. The number of aryl methyl sites for hydroxylation is 1. The maximum atomic E-state index is 13.2. The fourth-order valence-corrected chi connectivity index (χ4v) is 4.05. The van der Waals surface area contributed by atoms with Crippen LogP contribution in [0.25, 0.3) is 5.00 Å². The van der Waals surface area contributed by atoms with Crippen molar-refractivity contribution in [2.24, 2.45) is 0 Å². The summed E-state index contributed by atoms with van der Waals surface area (Å²) in [7, 11) is 0. The van der Waals surface area contributed by atoms with Crippen molar-refractivity contribution in [3.8, 4) is 5.00 Å². The number of hydrogen-bond donors (Lipinski definition) is 0. The molecule has 2 aromatic heterocycles. The Hall–Kier alpha value is -2.22. The summed E-state index contributed by atoms with van der Waals surface area (Å²) in [5, 5.41) is 5.16. The number of halogens is 2. The minimum Gasteiger partial charge on any atom is -0.460 e. The zero-order valence-corrected chi connectivity index (χ0v) is 17.6. The summed E-state index contributed by atoms with van der Waals surface area (Å²) >= 11 is 13.6. The van der Waals surface area contributed by atoms with E-state index in [1.807, 2.05) is 13.0 Å². The maximum Gasteiger partial charge on any atom is 0.378 e. The van der Waals surface area contributed by atoms with Gasteiger partial charge in [-0.2, -0.15) is 0 Å². The van der Waals surface area contributed by atoms with Crippen molar-refractivity contribution in [2.75, 3.05) is 6.61 Å². The lowest BCUT2D eigenvalue weighted by Crippen LogP contribution is -2.09. The van der Waals surface area contributed by atoms with Crippen molar-refractivity contribution in [3.05, 3.63) is 63.0 Å². The molecule has 0 radical (unpaired) electrons. The molecule has 6 nitrogen and oxygen atoms in total. The first-order chi connectivity index (χ1) is 13.5. The lowest BCUT2D eigenvalue weighted by Gasteiger charge is -2.06. The van der Waals surface area contributed by atoms with E-state index in [0.29, 0.717) is 27.0 Å². The van der Waals surface area contributed by atoms with Crippen LogP contribution < -0.4 is 0 Å². The lowest BCUT2D eigenvalue weighted by atomic mass is 10.0. The van der Waals surface area contributed by atoms with Crippen molar-refractivity contribution >= 4 is 46.3 Å². The zero-order valence-electron chi connectivity index (χ0n) is 15.2. The van der Waals surface area contributed by atoms with Crippen LogP contribution in [0.5, 0.6) is 0 Å². The van der Waals surface area contributed by atoms with Crippen molar-refractivity contribution in [1.29, 1.82) is 0 Å². The predicted octanol–water partition coefficient (Wildman–Crippen LogP) is 4.69. The number of carbonyl (C=O) groups excluding carboxylic acids is 2. The van der Waals surface area contributed by atoms with E-state index < -0.39 is 5.97 Å². The molecule has 0 bridgehead atoms. The molecule has 9 heteroatoms. The van der Waals surface area contributed by atoms with Gasteiger partial charge in [0.1, 0.15) is 10.8 Å². The smallest absolute Gasteiger partial charge is 0.378 e. The Morgan fingerprint density at radius 3 is 2.61 bits per heavy atom. The van der Waals surface area contributed by atoms with E-state index in [0.717, 1.165) is 11.3 Å². The molecule has 0 amide bonds. The number of alkyl halides is 1. The topological polar surface area (TPSA) is 74.1 Å². The first kappa shape index (κ1) is 20.5. The van der Waals surface area contributed by atoms with E-state index in [2.05, 4.69) is 10.1 Å². The number of hydrogen-bond acceptors (Lipinski definition) is 6. The second-order valence-corrected chi connectivity index (χ2v) is 7.50. The second-order valence-electron chi connectivity index (χ2n) is 5.71. The number of ether oxygens (including phenoxy) is 1. The Morgan fingerprint density at radius 2 is 1.96 bits per heavy atom. The third-order valence-electron chi connectivity index (χ3n) is 3.92. The summed E-state index contributed by atoms with van der Waals surface area (Å²) in [6.07, 6.45) is 0.739. The molecule has 3 aromatic rings. The fourth-order valence-electron chi connectivity index (χ4n) is 2.59. The molecular formula is C19H17Cl2N3O3S. The third-order valence-corrected chi connectivity index (χ3v) is 5.74. The number of nitrogens with zero attached hydrogens (tertiary/aromatic N) is 3. The van der Waals surface area contributed by atoms with Crippen LogP contribution in [0.1, 0.15) is 51.1 Å². The molecule has 0 N–H and O–H groups in total. The average Bonchev–Trinajstić information content (AvgIpc) is 3.32. The SMILES string of the molecule is CCOC(=O)c1nc(CCl)n(-c2sc(CC)cc2C(=O)c2ccccc2Cl)n1. The number of rotatable bonds is 7. The Labute approximate surface area is 176 Å². The van der Waals surface area contributed by atoms with Crippen LogP contribution in [0.3, 0.4) is 0 Å². The van der Waals surface area contributed by atoms with Gasteiger partial charge in [-0.3, -0.25) is 4.79 Å². The summed E-state index contributed by atoms with van der Waals surface area (Å²) in [5.41, 5.74) is 0.825. The van der Waals surface area contributed by atoms with Crippen molar-refractivity contribution in [3.63, 3.8) is 0 Å². The first-order valence-corrected chi connectivity index (χ1v) is 10.3. The maximum absolute atomic E-state index is 13.2. The molecule has 0 saturated carbocycles. The summed E-state index contributed by atoms with van der Waals surface area (Å²) in [5.74, 6) is -0.600. The van der Waals surface area contributed by atoms with Gasteiger partial charge in [0.2, 0.25) is 0 Å². The highest BCUT2D eigenvalue weighted by molar-refractivity contribution is 7.15. The Balaban J connectivity index is 2.13. The van der Waals surface area contributed by atoms with Gasteiger partial charge in [0.25, 0.3) is 5.82 Å². The van der Waals surface area contributed by atoms with Crippen LogP contribution in [0.2, 0.25) is 5.02 Å². The molecule has 0 spiro atoms. The van der Waals surface area contributed by atoms with Crippen LogP contribution in [0.4, 0.5) is 0 Å². The molecule has 0 saturated heterocycles. The highest BCUT2D eigenvalue weighted by Crippen LogP contribution is 2.31. The number of esters is 1. The van der Waals surface area contributed by atoms with Crippen LogP contribution in [-0.4, -0.2) is 33.1 Å². The third kappa shape index (κ3) is 3.97. The van der Waals surface area contributed by atoms with Gasteiger partial charge in [-0.25, -0.2) is 14.5 Å². The van der Waals surface area contributed by atoms with Gasteiger partial charge in [0.05, 0.1) is 23.1 Å². The molecule has 0 aliphatic heterocycles. The summed E-state index contributed by atoms with van der Waals surface area (Å²) in [6.45, 7) is 3.90. The van der Waals surface area contributed by atoms with E-state index in [1.54, 1.807) is 31.2 Å². The van der Waals surface area contributed by atoms with Gasteiger partial charge in [0, 0.05) is 10.4 Å². The summed E-state index contributed by atoms with van der Waals surface area (Å²) in [4.78, 5) is 30.3. The molecule has 0 atom stereocenters. The Bertz CT molecular complexity index is 1030. The highest BCUT2D eigenvalue weighted by atomic mass is 35.5. The molecule has 3 rings (SSSR count).